The van der Waals surface area contributed by atoms with Crippen molar-refractivity contribution in [2.75, 3.05) is 6.61 Å². The fraction of sp³-hybridized carbons (Fsp3) is 0.235. The van der Waals surface area contributed by atoms with Crippen LogP contribution in [0.15, 0.2) is 48.5 Å². The molecule has 0 saturated carbocycles. The van der Waals surface area contributed by atoms with Gasteiger partial charge in [-0.05, 0) is 42.8 Å². The number of unbranched alkanes of at least 4 members (excludes halogenated alkanes) is 1. The van der Waals surface area contributed by atoms with Crippen molar-refractivity contribution >= 4 is 0 Å². The van der Waals surface area contributed by atoms with E-state index in [9.17, 15) is 0 Å². The highest BCUT2D eigenvalue weighted by atomic mass is 16.5. The number of nitriles is 1. The first kappa shape index (κ1) is 14.0. The van der Waals surface area contributed by atoms with Crippen molar-refractivity contribution in [2.45, 2.75) is 19.8 Å². The Bertz CT molecular complexity index is 585. The average Bonchev–Trinajstić information content (AvgIpc) is 2.49. The Balaban J connectivity index is 2.01. The maximum atomic E-state index is 8.75. The lowest BCUT2D eigenvalue weighted by atomic mass is 10.2. The van der Waals surface area contributed by atoms with Crippen molar-refractivity contribution in [3.63, 3.8) is 0 Å². The molecule has 102 valence electrons. The minimum atomic E-state index is 0.619. The van der Waals surface area contributed by atoms with E-state index in [1.165, 1.54) is 0 Å². The van der Waals surface area contributed by atoms with Crippen LogP contribution in [0.5, 0.6) is 17.2 Å². The molecule has 2 aromatic rings. The molecule has 0 aliphatic rings. The van der Waals surface area contributed by atoms with E-state index in [0.717, 1.165) is 30.9 Å². The van der Waals surface area contributed by atoms with Gasteiger partial charge in [-0.2, -0.15) is 5.26 Å². The van der Waals surface area contributed by atoms with Crippen LogP contribution in [0.3, 0.4) is 0 Å². The zero-order valence-corrected chi connectivity index (χ0v) is 11.5. The lowest BCUT2D eigenvalue weighted by Gasteiger charge is -2.09. The Hall–Kier alpha value is -2.47. The first-order chi connectivity index (χ1) is 9.81. The summed E-state index contributed by atoms with van der Waals surface area (Å²) in [5, 5.41) is 8.75. The van der Waals surface area contributed by atoms with Crippen LogP contribution >= 0.6 is 0 Å². The van der Waals surface area contributed by atoms with Gasteiger partial charge in [-0.15, -0.1) is 0 Å². The summed E-state index contributed by atoms with van der Waals surface area (Å²) in [4.78, 5) is 0. The highest BCUT2D eigenvalue weighted by molar-refractivity contribution is 5.39. The first-order valence-electron chi connectivity index (χ1n) is 6.72. The first-order valence-corrected chi connectivity index (χ1v) is 6.72. The predicted octanol–water partition coefficient (Wildman–Crippen LogP) is 4.53. The quantitative estimate of drug-likeness (QED) is 0.722. The largest absolute Gasteiger partial charge is 0.493 e. The second-order valence-corrected chi connectivity index (χ2v) is 4.42. The Labute approximate surface area is 119 Å². The SMILES string of the molecule is CCCCOc1cccc(Oc2ccc(C#N)cc2)c1. The zero-order chi connectivity index (χ0) is 14.2. The normalized spacial score (nSPS) is 9.80. The third kappa shape index (κ3) is 4.03. The molecule has 0 spiro atoms. The summed E-state index contributed by atoms with van der Waals surface area (Å²) in [7, 11) is 0. The van der Waals surface area contributed by atoms with E-state index in [0.29, 0.717) is 11.3 Å². The van der Waals surface area contributed by atoms with Crippen molar-refractivity contribution in [2.24, 2.45) is 0 Å². The summed E-state index contributed by atoms with van der Waals surface area (Å²) in [5.41, 5.74) is 0.619. The molecule has 3 nitrogen and oxygen atoms in total. The average molecular weight is 267 g/mol. The van der Waals surface area contributed by atoms with Crippen LogP contribution in [-0.4, -0.2) is 6.61 Å². The van der Waals surface area contributed by atoms with Gasteiger partial charge in [-0.3, -0.25) is 0 Å². The summed E-state index contributed by atoms with van der Waals surface area (Å²) >= 11 is 0. The van der Waals surface area contributed by atoms with Gasteiger partial charge in [-0.1, -0.05) is 19.4 Å². The van der Waals surface area contributed by atoms with Crippen LogP contribution < -0.4 is 9.47 Å². The Morgan fingerprint density at radius 3 is 2.45 bits per heavy atom. The molecule has 0 amide bonds. The Morgan fingerprint density at radius 2 is 1.75 bits per heavy atom. The Kier molecular flexibility index (Phi) is 5.02. The van der Waals surface area contributed by atoms with Crippen molar-refractivity contribution in [1.82, 2.24) is 0 Å². The summed E-state index contributed by atoms with van der Waals surface area (Å²) in [6.07, 6.45) is 2.15. The lowest BCUT2D eigenvalue weighted by Crippen LogP contribution is -1.96. The summed E-state index contributed by atoms with van der Waals surface area (Å²) < 4.78 is 11.4. The molecule has 0 aromatic heterocycles. The minimum Gasteiger partial charge on any atom is -0.493 e. The molecule has 2 rings (SSSR count). The molecule has 20 heavy (non-hydrogen) atoms. The predicted molar refractivity (Wildman–Crippen MR) is 78.1 cm³/mol. The lowest BCUT2D eigenvalue weighted by molar-refractivity contribution is 0.308. The van der Waals surface area contributed by atoms with Gasteiger partial charge in [0, 0.05) is 6.07 Å². The minimum absolute atomic E-state index is 0.619. The van der Waals surface area contributed by atoms with E-state index in [-0.39, 0.29) is 0 Å². The smallest absolute Gasteiger partial charge is 0.131 e. The van der Waals surface area contributed by atoms with Gasteiger partial charge < -0.3 is 9.47 Å². The number of ether oxygens (including phenoxy) is 2. The van der Waals surface area contributed by atoms with Crippen molar-refractivity contribution < 1.29 is 9.47 Å². The highest BCUT2D eigenvalue weighted by Gasteiger charge is 2.00. The van der Waals surface area contributed by atoms with Crippen LogP contribution in [0.2, 0.25) is 0 Å². The van der Waals surface area contributed by atoms with Gasteiger partial charge in [0.2, 0.25) is 0 Å². The standard InChI is InChI=1S/C17H17NO2/c1-2-3-11-19-16-5-4-6-17(12-16)20-15-9-7-14(13-18)8-10-15/h4-10,12H,2-3,11H2,1H3. The maximum Gasteiger partial charge on any atom is 0.131 e. The molecule has 0 bridgehead atoms. The number of benzene rings is 2. The maximum absolute atomic E-state index is 8.75. The van der Waals surface area contributed by atoms with Gasteiger partial charge in [0.05, 0.1) is 18.2 Å². The van der Waals surface area contributed by atoms with E-state index in [2.05, 4.69) is 13.0 Å². The van der Waals surface area contributed by atoms with Crippen LogP contribution in [0.4, 0.5) is 0 Å². The van der Waals surface area contributed by atoms with Crippen LogP contribution in [0, 0.1) is 11.3 Å². The molecular weight excluding hydrogens is 250 g/mol. The molecule has 0 aliphatic carbocycles. The van der Waals surface area contributed by atoms with Gasteiger partial charge in [0.25, 0.3) is 0 Å². The molecule has 0 aliphatic heterocycles. The third-order valence-corrected chi connectivity index (χ3v) is 2.79. The molecule has 3 heteroatoms. The van der Waals surface area contributed by atoms with Gasteiger partial charge in [-0.25, -0.2) is 0 Å². The molecule has 2 aromatic carbocycles. The zero-order valence-electron chi connectivity index (χ0n) is 11.5. The van der Waals surface area contributed by atoms with Crippen LogP contribution in [0.1, 0.15) is 25.3 Å². The molecular formula is C17H17NO2. The van der Waals surface area contributed by atoms with Crippen molar-refractivity contribution in [3.05, 3.63) is 54.1 Å². The molecule has 0 radical (unpaired) electrons. The van der Waals surface area contributed by atoms with Gasteiger partial charge in [0.1, 0.15) is 17.2 Å². The topological polar surface area (TPSA) is 42.2 Å². The molecule has 0 heterocycles. The number of hydrogen-bond acceptors (Lipinski definition) is 3. The fourth-order valence-electron chi connectivity index (χ4n) is 1.70. The third-order valence-electron chi connectivity index (χ3n) is 2.79. The summed E-state index contributed by atoms with van der Waals surface area (Å²) in [6.45, 7) is 2.85. The van der Waals surface area contributed by atoms with Gasteiger partial charge >= 0.3 is 0 Å². The summed E-state index contributed by atoms with van der Waals surface area (Å²) in [5.74, 6) is 2.24. The van der Waals surface area contributed by atoms with Gasteiger partial charge in [0.15, 0.2) is 0 Å². The highest BCUT2D eigenvalue weighted by Crippen LogP contribution is 2.25. The van der Waals surface area contributed by atoms with Crippen LogP contribution in [0.25, 0.3) is 0 Å². The van der Waals surface area contributed by atoms with E-state index in [4.69, 9.17) is 14.7 Å². The molecule has 0 unspecified atom stereocenters. The number of nitrogens with zero attached hydrogens (tertiary/aromatic N) is 1. The second kappa shape index (κ2) is 7.20. The monoisotopic (exact) mass is 267 g/mol. The van der Waals surface area contributed by atoms with Crippen molar-refractivity contribution in [3.8, 4) is 23.3 Å². The van der Waals surface area contributed by atoms with E-state index < -0.39 is 0 Å². The number of rotatable bonds is 6. The molecule has 0 N–H and O–H groups in total. The number of hydrogen-bond donors (Lipinski definition) is 0. The Morgan fingerprint density at radius 1 is 1.00 bits per heavy atom. The van der Waals surface area contributed by atoms with E-state index in [1.54, 1.807) is 24.3 Å². The van der Waals surface area contributed by atoms with Crippen molar-refractivity contribution in [1.29, 1.82) is 5.26 Å². The van der Waals surface area contributed by atoms with Crippen LogP contribution in [-0.2, 0) is 0 Å². The summed E-state index contributed by atoms with van der Waals surface area (Å²) in [6, 6.07) is 16.7. The fourth-order valence-corrected chi connectivity index (χ4v) is 1.70. The molecule has 0 atom stereocenters. The second-order valence-electron chi connectivity index (χ2n) is 4.42. The molecule has 0 saturated heterocycles. The molecule has 0 fully saturated rings. The van der Waals surface area contributed by atoms with E-state index in [1.807, 2.05) is 24.3 Å². The van der Waals surface area contributed by atoms with E-state index >= 15 is 0 Å².